The average Bonchev–Trinajstić information content (AvgIpc) is 3.33. The van der Waals surface area contributed by atoms with Gasteiger partial charge in [0.15, 0.2) is 5.96 Å². The van der Waals surface area contributed by atoms with Crippen molar-refractivity contribution in [2.45, 2.75) is 52.7 Å². The van der Waals surface area contributed by atoms with E-state index in [0.717, 1.165) is 50.2 Å². The Morgan fingerprint density at radius 1 is 1.42 bits per heavy atom. The Bertz CT molecular complexity index is 546. The highest BCUT2D eigenvalue weighted by Crippen LogP contribution is 2.28. The molecule has 0 bridgehead atoms. The molecule has 150 valence electrons. The van der Waals surface area contributed by atoms with Crippen LogP contribution in [-0.4, -0.2) is 59.8 Å². The van der Waals surface area contributed by atoms with Gasteiger partial charge in [-0.05, 0) is 52.0 Å². The largest absolute Gasteiger partial charge is 0.389 e. The van der Waals surface area contributed by atoms with E-state index in [1.54, 1.807) is 0 Å². The van der Waals surface area contributed by atoms with Crippen molar-refractivity contribution in [3.8, 4) is 0 Å². The molecule has 3 N–H and O–H groups in total. The second kappa shape index (κ2) is 12.5. The third kappa shape index (κ3) is 9.18. The van der Waals surface area contributed by atoms with Crippen LogP contribution in [0.5, 0.6) is 0 Å². The van der Waals surface area contributed by atoms with Crippen LogP contribution in [0, 0.1) is 19.8 Å². The van der Waals surface area contributed by atoms with Crippen LogP contribution in [-0.2, 0) is 11.3 Å². The van der Waals surface area contributed by atoms with Crippen molar-refractivity contribution in [1.29, 1.82) is 0 Å². The maximum Gasteiger partial charge on any atom is 0.191 e. The normalized spacial score (nSPS) is 15.5. The smallest absolute Gasteiger partial charge is 0.191 e. The Balaban J connectivity index is 0.00000338. The van der Waals surface area contributed by atoms with E-state index in [-0.39, 0.29) is 24.0 Å². The fraction of sp³-hybridized carbons (Fsp3) is 0.778. The topological polar surface area (TPSA) is 83.7 Å². The highest BCUT2D eigenvalue weighted by atomic mass is 127. The van der Waals surface area contributed by atoms with E-state index in [2.05, 4.69) is 33.7 Å². The summed E-state index contributed by atoms with van der Waals surface area (Å²) in [6.07, 6.45) is 2.93. The first-order chi connectivity index (χ1) is 12.1. The van der Waals surface area contributed by atoms with Gasteiger partial charge in [0.25, 0.3) is 0 Å². The van der Waals surface area contributed by atoms with Crippen LogP contribution in [0.4, 0.5) is 0 Å². The number of nitrogens with zero attached hydrogens (tertiary/aromatic N) is 3. The molecule has 0 aliphatic heterocycles. The summed E-state index contributed by atoms with van der Waals surface area (Å²) >= 11 is 0. The molecule has 1 heterocycles. The summed E-state index contributed by atoms with van der Waals surface area (Å²) < 4.78 is 7.53. The Kier molecular flexibility index (Phi) is 11.1. The number of hydrogen-bond acceptors (Lipinski definition) is 4. The Hall–Kier alpha value is -0.870. The molecule has 2 rings (SSSR count). The van der Waals surface area contributed by atoms with Gasteiger partial charge in [-0.25, -0.2) is 0 Å². The van der Waals surface area contributed by atoms with Crippen molar-refractivity contribution in [2.75, 3.05) is 32.8 Å². The van der Waals surface area contributed by atoms with Crippen LogP contribution >= 0.6 is 24.0 Å². The second-order valence-electron chi connectivity index (χ2n) is 6.78. The first-order valence-corrected chi connectivity index (χ1v) is 9.37. The molecule has 0 radical (unpaired) electrons. The van der Waals surface area contributed by atoms with E-state index in [9.17, 15) is 5.11 Å². The number of aliphatic hydroxyl groups is 1. The summed E-state index contributed by atoms with van der Waals surface area (Å²) in [5, 5.41) is 20.9. The SMILES string of the molecule is CCNC(=NCC(O)COCC1CC1)NCCCn1nc(C)cc1C.I. The summed E-state index contributed by atoms with van der Waals surface area (Å²) in [6.45, 7) is 10.1. The number of nitrogens with one attached hydrogen (secondary N) is 2. The molecule has 1 aromatic rings. The lowest BCUT2D eigenvalue weighted by Crippen LogP contribution is -2.39. The van der Waals surface area contributed by atoms with E-state index in [1.165, 1.54) is 18.5 Å². The first kappa shape index (κ1) is 23.2. The molecule has 0 amide bonds. The van der Waals surface area contributed by atoms with Gasteiger partial charge in [-0.1, -0.05) is 0 Å². The minimum Gasteiger partial charge on any atom is -0.389 e. The van der Waals surface area contributed by atoms with Gasteiger partial charge < -0.3 is 20.5 Å². The molecular formula is C18H34IN5O2. The zero-order valence-electron chi connectivity index (χ0n) is 16.2. The van der Waals surface area contributed by atoms with Crippen LogP contribution in [0.15, 0.2) is 11.1 Å². The van der Waals surface area contributed by atoms with Crippen LogP contribution in [0.25, 0.3) is 0 Å². The molecule has 8 heteroatoms. The van der Waals surface area contributed by atoms with Crippen molar-refractivity contribution < 1.29 is 9.84 Å². The third-order valence-corrected chi connectivity index (χ3v) is 4.11. The van der Waals surface area contributed by atoms with E-state index < -0.39 is 6.10 Å². The predicted molar refractivity (Wildman–Crippen MR) is 115 cm³/mol. The van der Waals surface area contributed by atoms with Gasteiger partial charge in [0.05, 0.1) is 24.9 Å². The Morgan fingerprint density at radius 2 is 2.19 bits per heavy atom. The minimum absolute atomic E-state index is 0. The molecule has 0 spiro atoms. The number of aryl methyl sites for hydroxylation is 3. The van der Waals surface area contributed by atoms with Crippen molar-refractivity contribution in [1.82, 2.24) is 20.4 Å². The number of aliphatic hydroxyl groups excluding tert-OH is 1. The van der Waals surface area contributed by atoms with Crippen LogP contribution in [0.3, 0.4) is 0 Å². The number of guanidine groups is 1. The number of aromatic nitrogens is 2. The van der Waals surface area contributed by atoms with Crippen LogP contribution in [0.1, 0.15) is 37.6 Å². The van der Waals surface area contributed by atoms with Crippen molar-refractivity contribution in [3.63, 3.8) is 0 Å². The van der Waals surface area contributed by atoms with Crippen molar-refractivity contribution >= 4 is 29.9 Å². The van der Waals surface area contributed by atoms with Gasteiger partial charge in [-0.15, -0.1) is 24.0 Å². The number of ether oxygens (including phenoxy) is 1. The average molecular weight is 479 g/mol. The van der Waals surface area contributed by atoms with Crippen LogP contribution in [0.2, 0.25) is 0 Å². The molecule has 1 unspecified atom stereocenters. The van der Waals surface area contributed by atoms with Gasteiger partial charge >= 0.3 is 0 Å². The Labute approximate surface area is 174 Å². The van der Waals surface area contributed by atoms with E-state index in [4.69, 9.17) is 4.74 Å². The summed E-state index contributed by atoms with van der Waals surface area (Å²) in [5.74, 6) is 1.45. The minimum atomic E-state index is -0.552. The molecule has 1 atom stereocenters. The van der Waals surface area contributed by atoms with Gasteiger partial charge in [0.1, 0.15) is 0 Å². The molecule has 1 fully saturated rings. The first-order valence-electron chi connectivity index (χ1n) is 9.37. The number of halogens is 1. The number of aliphatic imine (C=N–C) groups is 1. The van der Waals surface area contributed by atoms with E-state index in [1.807, 2.05) is 18.5 Å². The zero-order valence-corrected chi connectivity index (χ0v) is 18.5. The van der Waals surface area contributed by atoms with Crippen LogP contribution < -0.4 is 10.6 Å². The van der Waals surface area contributed by atoms with Gasteiger partial charge in [-0.2, -0.15) is 5.10 Å². The third-order valence-electron chi connectivity index (χ3n) is 4.11. The van der Waals surface area contributed by atoms with E-state index >= 15 is 0 Å². The fourth-order valence-corrected chi connectivity index (χ4v) is 2.58. The standard InChI is InChI=1S/C18H33N5O2.HI/c1-4-19-18(21-11-17(24)13-25-12-16-6-7-16)20-8-5-9-23-15(3)10-14(2)22-23;/h10,16-17,24H,4-9,11-13H2,1-3H3,(H2,19,20,21);1H. The van der Waals surface area contributed by atoms with Crippen molar-refractivity contribution in [2.24, 2.45) is 10.9 Å². The van der Waals surface area contributed by atoms with E-state index in [0.29, 0.717) is 13.2 Å². The molecule has 1 aromatic heterocycles. The lowest BCUT2D eigenvalue weighted by molar-refractivity contribution is 0.0368. The molecule has 26 heavy (non-hydrogen) atoms. The maximum atomic E-state index is 9.95. The summed E-state index contributed by atoms with van der Waals surface area (Å²) in [5.41, 5.74) is 2.24. The quantitative estimate of drug-likeness (QED) is 0.195. The fourth-order valence-electron chi connectivity index (χ4n) is 2.58. The summed E-state index contributed by atoms with van der Waals surface area (Å²) in [4.78, 5) is 4.43. The number of hydrogen-bond donors (Lipinski definition) is 3. The summed E-state index contributed by atoms with van der Waals surface area (Å²) in [7, 11) is 0. The monoisotopic (exact) mass is 479 g/mol. The molecule has 1 aliphatic carbocycles. The van der Waals surface area contributed by atoms with Gasteiger partial charge in [0, 0.05) is 31.9 Å². The predicted octanol–water partition coefficient (Wildman–Crippen LogP) is 1.85. The second-order valence-corrected chi connectivity index (χ2v) is 6.78. The van der Waals surface area contributed by atoms with Crippen molar-refractivity contribution in [3.05, 3.63) is 17.5 Å². The molecule has 7 nitrogen and oxygen atoms in total. The zero-order chi connectivity index (χ0) is 18.1. The maximum absolute atomic E-state index is 9.95. The highest BCUT2D eigenvalue weighted by Gasteiger charge is 2.21. The lowest BCUT2D eigenvalue weighted by atomic mass is 10.3. The molecule has 1 aliphatic rings. The number of rotatable bonds is 11. The lowest BCUT2D eigenvalue weighted by Gasteiger charge is -2.13. The highest BCUT2D eigenvalue weighted by molar-refractivity contribution is 14.0. The summed E-state index contributed by atoms with van der Waals surface area (Å²) in [6, 6.07) is 2.09. The molecule has 0 saturated heterocycles. The molecule has 1 saturated carbocycles. The Morgan fingerprint density at radius 3 is 2.81 bits per heavy atom. The van der Waals surface area contributed by atoms with Gasteiger partial charge in [-0.3, -0.25) is 9.67 Å². The molecule has 0 aromatic carbocycles. The molecular weight excluding hydrogens is 445 g/mol. The van der Waals surface area contributed by atoms with Gasteiger partial charge in [0.2, 0.25) is 0 Å².